The molecule has 2 nitrogen and oxygen atoms in total. The summed E-state index contributed by atoms with van der Waals surface area (Å²) in [6, 6.07) is 12.5. The van der Waals surface area contributed by atoms with E-state index in [1.807, 2.05) is 0 Å². The Morgan fingerprint density at radius 1 is 0.875 bits per heavy atom. The van der Waals surface area contributed by atoms with Crippen LogP contribution in [0.25, 0.3) is 11.1 Å². The Morgan fingerprint density at radius 2 is 1.59 bits per heavy atom. The Hall–Kier alpha value is -3.12. The van der Waals surface area contributed by atoms with Crippen molar-refractivity contribution < 1.29 is 27.4 Å². The van der Waals surface area contributed by atoms with Gasteiger partial charge in [-0.05, 0) is 55.0 Å². The van der Waals surface area contributed by atoms with Gasteiger partial charge in [0.05, 0.1) is 12.7 Å². The molecule has 3 rings (SSSR count). The molecule has 1 N–H and O–H groups in total. The van der Waals surface area contributed by atoms with Crippen LogP contribution < -0.4 is 4.74 Å². The van der Waals surface area contributed by atoms with Crippen LogP contribution in [0.15, 0.2) is 61.2 Å². The monoisotopic (exact) mass is 444 g/mol. The van der Waals surface area contributed by atoms with Gasteiger partial charge in [0.25, 0.3) is 0 Å². The zero-order valence-corrected chi connectivity index (χ0v) is 17.7. The third-order valence-electron chi connectivity index (χ3n) is 5.22. The number of hydrogen-bond donors (Lipinski definition) is 1. The molecule has 3 aromatic carbocycles. The topological polar surface area (TPSA) is 29.5 Å². The highest BCUT2D eigenvalue weighted by Gasteiger charge is 2.17. The van der Waals surface area contributed by atoms with Gasteiger partial charge in [-0.2, -0.15) is 4.39 Å². The van der Waals surface area contributed by atoms with Crippen LogP contribution in [0.2, 0.25) is 0 Å². The molecule has 0 saturated carbocycles. The lowest BCUT2D eigenvalue weighted by Gasteiger charge is -2.11. The third kappa shape index (κ3) is 5.19. The van der Waals surface area contributed by atoms with E-state index in [1.54, 1.807) is 30.3 Å². The van der Waals surface area contributed by atoms with E-state index in [4.69, 9.17) is 4.74 Å². The first-order valence-corrected chi connectivity index (χ1v) is 10.3. The van der Waals surface area contributed by atoms with Crippen LogP contribution in [0.1, 0.15) is 36.1 Å². The van der Waals surface area contributed by atoms with Crippen molar-refractivity contribution in [3.05, 3.63) is 101 Å². The van der Waals surface area contributed by atoms with Crippen molar-refractivity contribution in [1.82, 2.24) is 0 Å². The maximum Gasteiger partial charge on any atom is 0.201 e. The molecule has 1 atom stereocenters. The second-order valence-electron chi connectivity index (χ2n) is 7.48. The van der Waals surface area contributed by atoms with E-state index in [-0.39, 0.29) is 35.5 Å². The summed E-state index contributed by atoms with van der Waals surface area (Å²) in [6.45, 7) is 5.13. The molecule has 0 aliphatic carbocycles. The summed E-state index contributed by atoms with van der Waals surface area (Å²) >= 11 is 0. The van der Waals surface area contributed by atoms with E-state index in [2.05, 4.69) is 6.58 Å². The number of hydrogen-bond acceptors (Lipinski definition) is 2. The van der Waals surface area contributed by atoms with E-state index >= 15 is 0 Å². The minimum absolute atomic E-state index is 0.0815. The second-order valence-corrected chi connectivity index (χ2v) is 7.48. The summed E-state index contributed by atoms with van der Waals surface area (Å²) in [5.41, 5.74) is 1.55. The molecular weight excluding hydrogens is 420 g/mol. The molecule has 0 fully saturated rings. The van der Waals surface area contributed by atoms with Gasteiger partial charge in [-0.3, -0.25) is 0 Å². The largest absolute Gasteiger partial charge is 0.490 e. The number of rotatable bonds is 9. The summed E-state index contributed by atoms with van der Waals surface area (Å²) in [5, 5.41) is 9.48. The first-order chi connectivity index (χ1) is 15.3. The highest BCUT2D eigenvalue weighted by molar-refractivity contribution is 5.65. The predicted octanol–water partition coefficient (Wildman–Crippen LogP) is 6.70. The fraction of sp³-hybridized carbons (Fsp3) is 0.231. The average Bonchev–Trinajstić information content (AvgIpc) is 2.78. The number of aryl methyl sites for hydroxylation is 2. The summed E-state index contributed by atoms with van der Waals surface area (Å²) in [7, 11) is 0. The fourth-order valence-electron chi connectivity index (χ4n) is 3.37. The van der Waals surface area contributed by atoms with Crippen LogP contribution in [0.3, 0.4) is 0 Å². The van der Waals surface area contributed by atoms with Crippen LogP contribution >= 0.6 is 0 Å². The van der Waals surface area contributed by atoms with E-state index in [9.17, 15) is 22.7 Å². The van der Waals surface area contributed by atoms with Gasteiger partial charge >= 0.3 is 0 Å². The number of aliphatic hydroxyl groups excluding tert-OH is 1. The van der Waals surface area contributed by atoms with E-state index in [0.717, 1.165) is 5.56 Å². The number of ether oxygens (including phenoxy) is 1. The Morgan fingerprint density at radius 3 is 2.25 bits per heavy atom. The molecule has 3 aromatic rings. The van der Waals surface area contributed by atoms with Gasteiger partial charge in [0, 0.05) is 11.1 Å². The van der Waals surface area contributed by atoms with Crippen LogP contribution in [0, 0.1) is 23.3 Å². The maximum absolute atomic E-state index is 14.5. The summed E-state index contributed by atoms with van der Waals surface area (Å²) in [5.74, 6) is -4.20. The van der Waals surface area contributed by atoms with Crippen molar-refractivity contribution in [2.45, 2.75) is 32.3 Å². The molecule has 0 amide bonds. The molecule has 32 heavy (non-hydrogen) atoms. The minimum Gasteiger partial charge on any atom is -0.490 e. The molecule has 0 spiro atoms. The van der Waals surface area contributed by atoms with E-state index in [0.29, 0.717) is 18.4 Å². The van der Waals surface area contributed by atoms with Crippen LogP contribution in [0.5, 0.6) is 5.75 Å². The first-order valence-electron chi connectivity index (χ1n) is 10.3. The lowest BCUT2D eigenvalue weighted by Crippen LogP contribution is -2.03. The highest BCUT2D eigenvalue weighted by Crippen LogP contribution is 2.30. The second kappa shape index (κ2) is 10.5. The molecule has 168 valence electrons. The Balaban J connectivity index is 1.71. The van der Waals surface area contributed by atoms with Gasteiger partial charge in [0.15, 0.2) is 23.2 Å². The molecular formula is C26H24F4O2. The minimum atomic E-state index is -1.09. The standard InChI is InChI=1S/C26H24F4O2/c1-3-4-15-32-22-14-13-21(25(29)26(22)30)18-8-5-17(6-9-18)7-10-19-11-12-20(16(2)31)24(28)23(19)27/h3,5-6,8-9,11-14,16,31H,1,4,7,10,15H2,2H3. The van der Waals surface area contributed by atoms with Crippen LogP contribution in [-0.4, -0.2) is 11.7 Å². The van der Waals surface area contributed by atoms with Crippen LogP contribution in [0.4, 0.5) is 17.6 Å². The van der Waals surface area contributed by atoms with Gasteiger partial charge in [-0.1, -0.05) is 42.5 Å². The summed E-state index contributed by atoms with van der Waals surface area (Å²) < 4.78 is 62.4. The van der Waals surface area contributed by atoms with Crippen molar-refractivity contribution >= 4 is 0 Å². The van der Waals surface area contributed by atoms with Gasteiger partial charge < -0.3 is 9.84 Å². The number of halogens is 4. The molecule has 0 heterocycles. The molecule has 0 radical (unpaired) electrons. The smallest absolute Gasteiger partial charge is 0.201 e. The quantitative estimate of drug-likeness (QED) is 0.226. The molecule has 0 aliphatic rings. The molecule has 6 heteroatoms. The summed E-state index contributed by atoms with van der Waals surface area (Å²) in [4.78, 5) is 0. The van der Waals surface area contributed by atoms with Crippen molar-refractivity contribution in [2.24, 2.45) is 0 Å². The predicted molar refractivity (Wildman–Crippen MR) is 117 cm³/mol. The SMILES string of the molecule is C=CCCOc1ccc(-c2ccc(CCc3ccc(C(C)O)c(F)c3F)cc2)c(F)c1F. The highest BCUT2D eigenvalue weighted by atomic mass is 19.2. The molecule has 0 bridgehead atoms. The van der Waals surface area contributed by atoms with Crippen molar-refractivity contribution in [3.8, 4) is 16.9 Å². The van der Waals surface area contributed by atoms with E-state index in [1.165, 1.54) is 31.2 Å². The van der Waals surface area contributed by atoms with Gasteiger partial charge in [0.2, 0.25) is 5.82 Å². The third-order valence-corrected chi connectivity index (χ3v) is 5.22. The lowest BCUT2D eigenvalue weighted by atomic mass is 9.98. The molecule has 0 aromatic heterocycles. The summed E-state index contributed by atoms with van der Waals surface area (Å²) in [6.07, 6.45) is 1.73. The zero-order valence-electron chi connectivity index (χ0n) is 17.7. The Labute approximate surface area is 184 Å². The number of aliphatic hydroxyl groups is 1. The van der Waals surface area contributed by atoms with E-state index < -0.39 is 29.4 Å². The Bertz CT molecular complexity index is 1090. The average molecular weight is 444 g/mol. The molecule has 0 aliphatic heterocycles. The van der Waals surface area contributed by atoms with Gasteiger partial charge in [0.1, 0.15) is 0 Å². The number of benzene rings is 3. The Kier molecular flexibility index (Phi) is 7.70. The van der Waals surface area contributed by atoms with Crippen molar-refractivity contribution in [2.75, 3.05) is 6.61 Å². The molecule has 1 unspecified atom stereocenters. The van der Waals surface area contributed by atoms with Gasteiger partial charge in [-0.25, -0.2) is 13.2 Å². The molecule has 0 saturated heterocycles. The van der Waals surface area contributed by atoms with Crippen molar-refractivity contribution in [3.63, 3.8) is 0 Å². The van der Waals surface area contributed by atoms with Crippen molar-refractivity contribution in [1.29, 1.82) is 0 Å². The van der Waals surface area contributed by atoms with Gasteiger partial charge in [-0.15, -0.1) is 6.58 Å². The van der Waals surface area contributed by atoms with Crippen LogP contribution in [-0.2, 0) is 12.8 Å². The lowest BCUT2D eigenvalue weighted by molar-refractivity contribution is 0.192. The first kappa shape index (κ1) is 23.5. The maximum atomic E-state index is 14.5. The fourth-order valence-corrected chi connectivity index (χ4v) is 3.37. The zero-order chi connectivity index (χ0) is 23.3. The normalized spacial score (nSPS) is 11.9.